The van der Waals surface area contributed by atoms with Gasteiger partial charge in [0.1, 0.15) is 17.8 Å². The maximum Gasteiger partial charge on any atom is 0.143 e. The van der Waals surface area contributed by atoms with Gasteiger partial charge in [0.25, 0.3) is 0 Å². The van der Waals surface area contributed by atoms with Crippen LogP contribution in [0.4, 0.5) is 5.82 Å². The zero-order valence-electron chi connectivity index (χ0n) is 10.4. The van der Waals surface area contributed by atoms with E-state index >= 15 is 0 Å². The van der Waals surface area contributed by atoms with Crippen molar-refractivity contribution in [2.75, 3.05) is 5.32 Å². The standard InChI is InChI=1S/C14H13ClN4/c1-9-6-11-13(17-8-18-14(11)19-9)16-7-10-4-2-3-5-12(10)15/h2-6,8H,7H2,1H3,(H2,16,17,18,19). The second-order valence-electron chi connectivity index (χ2n) is 4.38. The minimum atomic E-state index is 0.635. The molecule has 4 nitrogen and oxygen atoms in total. The number of fused-ring (bicyclic) bond motifs is 1. The Bertz CT molecular complexity index is 720. The molecule has 0 saturated carbocycles. The van der Waals surface area contributed by atoms with Crippen LogP contribution in [0.5, 0.6) is 0 Å². The Labute approximate surface area is 115 Å². The lowest BCUT2D eigenvalue weighted by Gasteiger charge is -2.07. The summed E-state index contributed by atoms with van der Waals surface area (Å²) in [5.74, 6) is 0.814. The highest BCUT2D eigenvalue weighted by molar-refractivity contribution is 6.31. The van der Waals surface area contributed by atoms with Crippen LogP contribution >= 0.6 is 11.6 Å². The van der Waals surface area contributed by atoms with Crippen molar-refractivity contribution in [1.82, 2.24) is 15.0 Å². The summed E-state index contributed by atoms with van der Waals surface area (Å²) in [4.78, 5) is 11.7. The van der Waals surface area contributed by atoms with E-state index in [1.807, 2.05) is 37.3 Å². The highest BCUT2D eigenvalue weighted by Crippen LogP contribution is 2.21. The van der Waals surface area contributed by atoms with Crippen LogP contribution in [0.2, 0.25) is 5.02 Å². The van der Waals surface area contributed by atoms with E-state index in [1.54, 1.807) is 6.33 Å². The van der Waals surface area contributed by atoms with Gasteiger partial charge in [-0.1, -0.05) is 29.8 Å². The van der Waals surface area contributed by atoms with Crippen molar-refractivity contribution in [2.45, 2.75) is 13.5 Å². The monoisotopic (exact) mass is 272 g/mol. The topological polar surface area (TPSA) is 53.6 Å². The Hall–Kier alpha value is -2.07. The summed E-state index contributed by atoms with van der Waals surface area (Å²) in [7, 11) is 0. The van der Waals surface area contributed by atoms with E-state index in [-0.39, 0.29) is 0 Å². The lowest BCUT2D eigenvalue weighted by Crippen LogP contribution is -2.02. The molecule has 0 radical (unpaired) electrons. The summed E-state index contributed by atoms with van der Waals surface area (Å²) < 4.78 is 0. The van der Waals surface area contributed by atoms with Gasteiger partial charge in [0.2, 0.25) is 0 Å². The summed E-state index contributed by atoms with van der Waals surface area (Å²) in [6.07, 6.45) is 1.55. The van der Waals surface area contributed by atoms with Crippen molar-refractivity contribution in [1.29, 1.82) is 0 Å². The SMILES string of the molecule is Cc1cc2c(NCc3ccccc3Cl)ncnc2[nH]1. The number of nitrogens with zero attached hydrogens (tertiary/aromatic N) is 2. The van der Waals surface area contributed by atoms with Crippen LogP contribution in [-0.4, -0.2) is 15.0 Å². The molecule has 0 atom stereocenters. The summed E-state index contributed by atoms with van der Waals surface area (Å²) in [5.41, 5.74) is 2.95. The predicted molar refractivity (Wildman–Crippen MR) is 77.4 cm³/mol. The van der Waals surface area contributed by atoms with Crippen molar-refractivity contribution in [3.8, 4) is 0 Å². The van der Waals surface area contributed by atoms with Crippen molar-refractivity contribution in [3.63, 3.8) is 0 Å². The second kappa shape index (κ2) is 4.90. The fourth-order valence-corrected chi connectivity index (χ4v) is 2.24. The number of hydrogen-bond acceptors (Lipinski definition) is 3. The number of aryl methyl sites for hydroxylation is 1. The van der Waals surface area contributed by atoms with Gasteiger partial charge < -0.3 is 10.3 Å². The number of aromatic amines is 1. The lowest BCUT2D eigenvalue weighted by atomic mass is 10.2. The van der Waals surface area contributed by atoms with Crippen molar-refractivity contribution < 1.29 is 0 Å². The molecular weight excluding hydrogens is 260 g/mol. The van der Waals surface area contributed by atoms with Crippen LogP contribution in [0.3, 0.4) is 0 Å². The number of rotatable bonds is 3. The van der Waals surface area contributed by atoms with Gasteiger partial charge >= 0.3 is 0 Å². The first-order chi connectivity index (χ1) is 9.24. The summed E-state index contributed by atoms with van der Waals surface area (Å²) in [6, 6.07) is 9.80. The summed E-state index contributed by atoms with van der Waals surface area (Å²) in [5, 5.41) is 5.05. The molecule has 2 heterocycles. The van der Waals surface area contributed by atoms with Crippen LogP contribution in [-0.2, 0) is 6.54 Å². The van der Waals surface area contributed by atoms with E-state index in [2.05, 4.69) is 20.3 Å². The minimum absolute atomic E-state index is 0.635. The van der Waals surface area contributed by atoms with Gasteiger partial charge in [0, 0.05) is 17.3 Å². The fourth-order valence-electron chi connectivity index (χ4n) is 2.03. The third kappa shape index (κ3) is 2.39. The number of aromatic nitrogens is 3. The first-order valence-electron chi connectivity index (χ1n) is 6.01. The van der Waals surface area contributed by atoms with Crippen LogP contribution in [0.1, 0.15) is 11.3 Å². The van der Waals surface area contributed by atoms with Crippen molar-refractivity contribution in [2.24, 2.45) is 0 Å². The van der Waals surface area contributed by atoms with E-state index in [1.165, 1.54) is 0 Å². The van der Waals surface area contributed by atoms with Crippen LogP contribution < -0.4 is 5.32 Å². The Balaban J connectivity index is 1.88. The quantitative estimate of drug-likeness (QED) is 0.767. The molecule has 0 aliphatic heterocycles. The Morgan fingerprint density at radius 2 is 2.11 bits per heavy atom. The molecular formula is C14H13ClN4. The fraction of sp³-hybridized carbons (Fsp3) is 0.143. The number of benzene rings is 1. The molecule has 0 unspecified atom stereocenters. The molecule has 0 fully saturated rings. The molecule has 0 aliphatic rings. The zero-order chi connectivity index (χ0) is 13.2. The zero-order valence-corrected chi connectivity index (χ0v) is 11.2. The molecule has 0 aliphatic carbocycles. The molecule has 2 N–H and O–H groups in total. The number of nitrogens with one attached hydrogen (secondary N) is 2. The largest absolute Gasteiger partial charge is 0.365 e. The molecule has 3 aromatic rings. The van der Waals surface area contributed by atoms with E-state index < -0.39 is 0 Å². The van der Waals surface area contributed by atoms with Crippen LogP contribution in [0.15, 0.2) is 36.7 Å². The van der Waals surface area contributed by atoms with E-state index in [9.17, 15) is 0 Å². The van der Waals surface area contributed by atoms with E-state index in [4.69, 9.17) is 11.6 Å². The lowest BCUT2D eigenvalue weighted by molar-refractivity contribution is 1.10. The summed E-state index contributed by atoms with van der Waals surface area (Å²) in [6.45, 7) is 2.63. The summed E-state index contributed by atoms with van der Waals surface area (Å²) >= 11 is 6.13. The average molecular weight is 273 g/mol. The number of halogens is 1. The minimum Gasteiger partial charge on any atom is -0.365 e. The molecule has 0 saturated heterocycles. The van der Waals surface area contributed by atoms with Crippen molar-refractivity contribution >= 4 is 28.5 Å². The first kappa shape index (κ1) is 12.0. The van der Waals surface area contributed by atoms with Gasteiger partial charge in [-0.2, -0.15) is 0 Å². The van der Waals surface area contributed by atoms with Crippen LogP contribution in [0.25, 0.3) is 11.0 Å². The molecule has 2 aromatic heterocycles. The smallest absolute Gasteiger partial charge is 0.143 e. The average Bonchev–Trinajstić information content (AvgIpc) is 2.78. The molecule has 96 valence electrons. The second-order valence-corrected chi connectivity index (χ2v) is 4.79. The Morgan fingerprint density at radius 3 is 2.95 bits per heavy atom. The van der Waals surface area contributed by atoms with Crippen molar-refractivity contribution in [3.05, 3.63) is 52.9 Å². The number of anilines is 1. The van der Waals surface area contributed by atoms with Gasteiger partial charge in [0.15, 0.2) is 0 Å². The van der Waals surface area contributed by atoms with Gasteiger partial charge in [-0.25, -0.2) is 9.97 Å². The highest BCUT2D eigenvalue weighted by atomic mass is 35.5. The molecule has 3 rings (SSSR count). The van der Waals surface area contributed by atoms with Gasteiger partial charge in [0.05, 0.1) is 5.39 Å². The van der Waals surface area contributed by atoms with Crippen LogP contribution in [0, 0.1) is 6.92 Å². The highest BCUT2D eigenvalue weighted by Gasteiger charge is 2.06. The van der Waals surface area contributed by atoms with Gasteiger partial charge in [-0.05, 0) is 24.6 Å². The number of H-pyrrole nitrogens is 1. The van der Waals surface area contributed by atoms with Gasteiger partial charge in [-0.3, -0.25) is 0 Å². The Kier molecular flexibility index (Phi) is 3.09. The first-order valence-corrected chi connectivity index (χ1v) is 6.39. The predicted octanol–water partition coefficient (Wildman–Crippen LogP) is 3.53. The molecule has 0 spiro atoms. The molecule has 0 bridgehead atoms. The number of hydrogen-bond donors (Lipinski definition) is 2. The van der Waals surface area contributed by atoms with E-state index in [0.717, 1.165) is 33.1 Å². The third-order valence-corrected chi connectivity index (χ3v) is 3.33. The molecule has 5 heteroatoms. The molecule has 0 amide bonds. The molecule has 1 aromatic carbocycles. The maximum absolute atomic E-state index is 6.13. The maximum atomic E-state index is 6.13. The normalized spacial score (nSPS) is 10.8. The van der Waals surface area contributed by atoms with Gasteiger partial charge in [-0.15, -0.1) is 0 Å². The molecule has 19 heavy (non-hydrogen) atoms. The van der Waals surface area contributed by atoms with E-state index in [0.29, 0.717) is 6.54 Å². The Morgan fingerprint density at radius 1 is 1.26 bits per heavy atom. The third-order valence-electron chi connectivity index (χ3n) is 2.96.